The zero-order valence-electron chi connectivity index (χ0n) is 11.6. The number of carbonyl (C=O) groups is 1. The van der Waals surface area contributed by atoms with Crippen LogP contribution in [-0.4, -0.2) is 28.1 Å². The van der Waals surface area contributed by atoms with E-state index in [-0.39, 0.29) is 12.4 Å². The van der Waals surface area contributed by atoms with E-state index in [1.807, 2.05) is 0 Å². The van der Waals surface area contributed by atoms with E-state index < -0.39 is 5.97 Å². The van der Waals surface area contributed by atoms with Crippen molar-refractivity contribution < 1.29 is 13.9 Å². The minimum Gasteiger partial charge on any atom is -0.462 e. The Morgan fingerprint density at radius 1 is 1.48 bits per heavy atom. The Kier molecular flexibility index (Phi) is 3.96. The van der Waals surface area contributed by atoms with Crippen LogP contribution >= 0.6 is 11.8 Å². The predicted octanol–water partition coefficient (Wildman–Crippen LogP) is 3.36. The molecule has 0 aliphatic carbocycles. The summed E-state index contributed by atoms with van der Waals surface area (Å²) in [5.41, 5.74) is 1.09. The molecule has 0 unspecified atom stereocenters. The number of aryl methyl sites for hydroxylation is 1. The van der Waals surface area contributed by atoms with Crippen molar-refractivity contribution in [1.29, 1.82) is 0 Å². The number of hydrogen-bond donors (Lipinski definition) is 0. The van der Waals surface area contributed by atoms with Gasteiger partial charge in [-0.05, 0) is 25.5 Å². The molecule has 2 heterocycles. The maximum Gasteiger partial charge on any atom is 0.343 e. The number of thioether (sulfide) groups is 1. The molecule has 1 aromatic heterocycles. The van der Waals surface area contributed by atoms with Gasteiger partial charge in [0, 0.05) is 17.9 Å². The number of halogens is 1. The Labute approximate surface area is 126 Å². The van der Waals surface area contributed by atoms with E-state index in [2.05, 4.69) is 5.10 Å². The van der Waals surface area contributed by atoms with Crippen molar-refractivity contribution in [2.75, 3.05) is 12.4 Å². The van der Waals surface area contributed by atoms with Crippen LogP contribution in [0.15, 0.2) is 29.3 Å². The van der Waals surface area contributed by atoms with Gasteiger partial charge in [-0.25, -0.2) is 9.18 Å². The Morgan fingerprint density at radius 2 is 2.29 bits per heavy atom. The Balaban J connectivity index is 2.18. The lowest BCUT2D eigenvalue weighted by Crippen LogP contribution is -2.11. The number of ether oxygens (including phenoxy) is 1. The summed E-state index contributed by atoms with van der Waals surface area (Å²) in [6, 6.07) is 6.36. The van der Waals surface area contributed by atoms with Gasteiger partial charge in [0.2, 0.25) is 0 Å². The molecule has 0 fully saturated rings. The first kappa shape index (κ1) is 14.1. The van der Waals surface area contributed by atoms with Crippen LogP contribution in [0.1, 0.15) is 23.7 Å². The lowest BCUT2D eigenvalue weighted by Gasteiger charge is -2.13. The van der Waals surface area contributed by atoms with Gasteiger partial charge < -0.3 is 4.74 Å². The molecule has 1 aliphatic heterocycles. The number of benzene rings is 1. The molecule has 2 aromatic rings. The van der Waals surface area contributed by atoms with E-state index in [1.165, 1.54) is 6.07 Å². The minimum atomic E-state index is -0.439. The summed E-state index contributed by atoms with van der Waals surface area (Å²) in [6.45, 7) is 2.78. The highest BCUT2D eigenvalue weighted by Crippen LogP contribution is 2.36. The molecule has 3 rings (SSSR count). The first-order valence-electron chi connectivity index (χ1n) is 6.88. The average molecular weight is 306 g/mol. The molecule has 0 radical (unpaired) electrons. The van der Waals surface area contributed by atoms with E-state index in [0.29, 0.717) is 16.8 Å². The van der Waals surface area contributed by atoms with Gasteiger partial charge in [0.1, 0.15) is 22.1 Å². The predicted molar refractivity (Wildman–Crippen MR) is 78.9 cm³/mol. The van der Waals surface area contributed by atoms with Crippen LogP contribution in [0.3, 0.4) is 0 Å². The lowest BCUT2D eigenvalue weighted by molar-refractivity contribution is 0.0522. The molecule has 0 saturated heterocycles. The fraction of sp³-hybridized carbons (Fsp3) is 0.333. The third kappa shape index (κ3) is 2.55. The molecule has 110 valence electrons. The molecule has 0 atom stereocenters. The van der Waals surface area contributed by atoms with Gasteiger partial charge in [0.25, 0.3) is 0 Å². The number of nitrogens with zero attached hydrogens (tertiary/aromatic N) is 2. The number of hydrogen-bond acceptors (Lipinski definition) is 4. The standard InChI is InChI=1S/C15H15FN2O2S/c1-2-20-15(19)12-13(10-6-3-4-7-11(10)16)17-18-8-5-9-21-14(12)18/h3-4,6-7H,2,5,8-9H2,1H3. The van der Waals surface area contributed by atoms with Crippen molar-refractivity contribution in [1.82, 2.24) is 9.78 Å². The maximum absolute atomic E-state index is 14.1. The van der Waals surface area contributed by atoms with E-state index in [9.17, 15) is 9.18 Å². The highest BCUT2D eigenvalue weighted by molar-refractivity contribution is 7.99. The third-order valence-corrected chi connectivity index (χ3v) is 4.45. The van der Waals surface area contributed by atoms with Crippen molar-refractivity contribution in [3.05, 3.63) is 35.6 Å². The zero-order valence-corrected chi connectivity index (χ0v) is 12.5. The van der Waals surface area contributed by atoms with Crippen LogP contribution in [0.2, 0.25) is 0 Å². The SMILES string of the molecule is CCOC(=O)c1c(-c2ccccc2F)nn2c1SCCC2. The minimum absolute atomic E-state index is 0.283. The monoisotopic (exact) mass is 306 g/mol. The molecule has 0 N–H and O–H groups in total. The summed E-state index contributed by atoms with van der Waals surface area (Å²) >= 11 is 1.57. The van der Waals surface area contributed by atoms with Crippen LogP contribution in [0.25, 0.3) is 11.3 Å². The van der Waals surface area contributed by atoms with E-state index in [4.69, 9.17) is 4.74 Å². The second kappa shape index (κ2) is 5.89. The highest BCUT2D eigenvalue weighted by Gasteiger charge is 2.28. The molecule has 1 aromatic carbocycles. The number of rotatable bonds is 3. The summed E-state index contributed by atoms with van der Waals surface area (Å²) in [5, 5.41) is 5.22. The fourth-order valence-corrected chi connectivity index (χ4v) is 3.43. The topological polar surface area (TPSA) is 44.1 Å². The summed E-state index contributed by atoms with van der Waals surface area (Å²) in [6.07, 6.45) is 0.984. The Hall–Kier alpha value is -1.82. The molecule has 0 saturated carbocycles. The average Bonchev–Trinajstić information content (AvgIpc) is 2.87. The third-order valence-electron chi connectivity index (χ3n) is 3.27. The van der Waals surface area contributed by atoms with Crippen molar-refractivity contribution >= 4 is 17.7 Å². The van der Waals surface area contributed by atoms with Crippen molar-refractivity contribution in [2.24, 2.45) is 0 Å². The van der Waals surface area contributed by atoms with Crippen LogP contribution < -0.4 is 0 Å². The molecule has 6 heteroatoms. The van der Waals surface area contributed by atoms with Crippen molar-refractivity contribution in [3.63, 3.8) is 0 Å². The van der Waals surface area contributed by atoms with Gasteiger partial charge in [0.15, 0.2) is 0 Å². The number of fused-ring (bicyclic) bond motifs is 1. The van der Waals surface area contributed by atoms with E-state index >= 15 is 0 Å². The molecule has 4 nitrogen and oxygen atoms in total. The van der Waals surface area contributed by atoms with Crippen LogP contribution in [-0.2, 0) is 11.3 Å². The van der Waals surface area contributed by atoms with Crippen molar-refractivity contribution in [2.45, 2.75) is 24.9 Å². The molecular formula is C15H15FN2O2S. The zero-order chi connectivity index (χ0) is 14.8. The van der Waals surface area contributed by atoms with E-state index in [0.717, 1.165) is 23.7 Å². The van der Waals surface area contributed by atoms with Crippen molar-refractivity contribution in [3.8, 4) is 11.3 Å². The smallest absolute Gasteiger partial charge is 0.343 e. The quantitative estimate of drug-likeness (QED) is 0.816. The second-order valence-electron chi connectivity index (χ2n) is 4.65. The Bertz CT molecular complexity index is 684. The Morgan fingerprint density at radius 3 is 3.05 bits per heavy atom. The van der Waals surface area contributed by atoms with E-state index in [1.54, 1.807) is 41.6 Å². The molecular weight excluding hydrogens is 291 g/mol. The van der Waals surface area contributed by atoms with Crippen LogP contribution in [0, 0.1) is 5.82 Å². The molecule has 0 spiro atoms. The van der Waals surface area contributed by atoms with Gasteiger partial charge in [-0.1, -0.05) is 12.1 Å². The summed E-state index contributed by atoms with van der Waals surface area (Å²) in [5.74, 6) is 0.101. The normalized spacial score (nSPS) is 13.8. The van der Waals surface area contributed by atoms with Gasteiger partial charge in [0.05, 0.1) is 6.61 Å². The number of aromatic nitrogens is 2. The van der Waals surface area contributed by atoms with Gasteiger partial charge in [-0.3, -0.25) is 4.68 Å². The van der Waals surface area contributed by atoms with Crippen LogP contribution in [0.5, 0.6) is 0 Å². The van der Waals surface area contributed by atoms with Gasteiger partial charge >= 0.3 is 5.97 Å². The second-order valence-corrected chi connectivity index (χ2v) is 5.74. The highest BCUT2D eigenvalue weighted by atomic mass is 32.2. The summed E-state index contributed by atoms with van der Waals surface area (Å²) in [4.78, 5) is 12.3. The maximum atomic E-state index is 14.1. The van der Waals surface area contributed by atoms with Gasteiger partial charge in [-0.15, -0.1) is 11.8 Å². The largest absolute Gasteiger partial charge is 0.462 e. The van der Waals surface area contributed by atoms with Crippen LogP contribution in [0.4, 0.5) is 4.39 Å². The summed E-state index contributed by atoms with van der Waals surface area (Å²) in [7, 11) is 0. The van der Waals surface area contributed by atoms with Gasteiger partial charge in [-0.2, -0.15) is 5.10 Å². The summed E-state index contributed by atoms with van der Waals surface area (Å²) < 4.78 is 21.0. The fourth-order valence-electron chi connectivity index (χ4n) is 2.36. The first-order chi connectivity index (χ1) is 10.2. The number of esters is 1. The first-order valence-corrected chi connectivity index (χ1v) is 7.86. The number of carbonyl (C=O) groups excluding carboxylic acids is 1. The lowest BCUT2D eigenvalue weighted by atomic mass is 10.1. The molecule has 1 aliphatic rings. The molecule has 0 bridgehead atoms. The molecule has 0 amide bonds. The molecule has 21 heavy (non-hydrogen) atoms.